The van der Waals surface area contributed by atoms with Crippen LogP contribution in [0.15, 0.2) is 79.4 Å². The molecule has 1 fully saturated rings. The van der Waals surface area contributed by atoms with E-state index in [0.29, 0.717) is 23.4 Å². The molecule has 8 heteroatoms. The summed E-state index contributed by atoms with van der Waals surface area (Å²) in [6, 6.07) is 23.6. The molecular formula is C30H23N5O3. The second-order valence-corrected chi connectivity index (χ2v) is 9.89. The number of aliphatic hydroxyl groups excluding tert-OH is 2. The van der Waals surface area contributed by atoms with E-state index < -0.39 is 18.4 Å². The van der Waals surface area contributed by atoms with Gasteiger partial charge in [0.2, 0.25) is 0 Å². The predicted molar refractivity (Wildman–Crippen MR) is 148 cm³/mol. The van der Waals surface area contributed by atoms with Gasteiger partial charge in [-0.1, -0.05) is 66.7 Å². The molecule has 7 aromatic rings. The second-order valence-electron chi connectivity index (χ2n) is 9.89. The summed E-state index contributed by atoms with van der Waals surface area (Å²) >= 11 is 0. The number of nitrogens with zero attached hydrogens (tertiary/aromatic N) is 4. The average molecular weight is 502 g/mol. The van der Waals surface area contributed by atoms with E-state index in [0.717, 1.165) is 16.5 Å². The molecule has 0 aliphatic carbocycles. The van der Waals surface area contributed by atoms with Gasteiger partial charge in [0.1, 0.15) is 18.7 Å². The molecule has 0 unspecified atom stereocenters. The fourth-order valence-electron chi connectivity index (χ4n) is 6.05. The first-order valence-electron chi connectivity index (χ1n) is 12.7. The second kappa shape index (κ2) is 8.06. The Hall–Kier alpha value is -4.37. The maximum absolute atomic E-state index is 10.2. The first kappa shape index (κ1) is 21.7. The van der Waals surface area contributed by atoms with E-state index in [1.54, 1.807) is 10.9 Å². The summed E-state index contributed by atoms with van der Waals surface area (Å²) < 4.78 is 7.65. The van der Waals surface area contributed by atoms with Gasteiger partial charge in [0.05, 0.1) is 24.7 Å². The Bertz CT molecular complexity index is 1990. The van der Waals surface area contributed by atoms with Gasteiger partial charge in [-0.15, -0.1) is 0 Å². The normalized spacial score (nSPS) is 20.0. The number of anilines is 2. The Labute approximate surface area is 216 Å². The van der Waals surface area contributed by atoms with Crippen molar-refractivity contribution in [3.05, 3.63) is 79.4 Å². The quantitative estimate of drug-likeness (QED) is 0.223. The summed E-state index contributed by atoms with van der Waals surface area (Å²) in [5.74, 6) is 0.589. The molecule has 0 radical (unpaired) electrons. The Morgan fingerprint density at radius 3 is 2.42 bits per heavy atom. The molecule has 1 saturated heterocycles. The first-order valence-corrected chi connectivity index (χ1v) is 12.7. The van der Waals surface area contributed by atoms with Gasteiger partial charge in [-0.2, -0.15) is 0 Å². The summed E-state index contributed by atoms with van der Waals surface area (Å²) in [5, 5.41) is 32.9. The molecule has 3 heterocycles. The Balaban J connectivity index is 1.34. The minimum Gasteiger partial charge on any atom is -0.394 e. The number of hydrogen-bond donors (Lipinski definition) is 3. The molecule has 3 N–H and O–H groups in total. The van der Waals surface area contributed by atoms with Crippen molar-refractivity contribution >= 4 is 65.8 Å². The molecule has 1 aliphatic heterocycles. The molecule has 38 heavy (non-hydrogen) atoms. The highest BCUT2D eigenvalue weighted by molar-refractivity contribution is 6.33. The predicted octanol–water partition coefficient (Wildman–Crippen LogP) is 5.26. The van der Waals surface area contributed by atoms with Gasteiger partial charge >= 0.3 is 0 Å². The molecule has 186 valence electrons. The number of ether oxygens (including phenoxy) is 1. The third-order valence-corrected chi connectivity index (χ3v) is 7.83. The fraction of sp³-hybridized carbons (Fsp3) is 0.167. The van der Waals surface area contributed by atoms with Crippen molar-refractivity contribution in [2.45, 2.75) is 24.9 Å². The summed E-state index contributed by atoms with van der Waals surface area (Å²) in [6.07, 6.45) is 1.68. The lowest BCUT2D eigenvalue weighted by atomic mass is 9.90. The number of hydrogen-bond acceptors (Lipinski definition) is 7. The molecule has 8 nitrogen and oxygen atoms in total. The van der Waals surface area contributed by atoms with Crippen molar-refractivity contribution in [3.8, 4) is 0 Å². The van der Waals surface area contributed by atoms with E-state index in [1.165, 1.54) is 38.6 Å². The lowest BCUT2D eigenvalue weighted by Crippen LogP contribution is -2.24. The minimum absolute atomic E-state index is 0.242. The number of aliphatic hydroxyl groups is 2. The van der Waals surface area contributed by atoms with Crippen molar-refractivity contribution in [1.29, 1.82) is 0 Å². The molecule has 0 saturated carbocycles. The van der Waals surface area contributed by atoms with Crippen LogP contribution < -0.4 is 5.32 Å². The summed E-state index contributed by atoms with van der Waals surface area (Å²) in [4.78, 5) is 13.7. The molecule has 2 aromatic heterocycles. The van der Waals surface area contributed by atoms with Gasteiger partial charge in [0.15, 0.2) is 17.0 Å². The highest BCUT2D eigenvalue weighted by Crippen LogP contribution is 2.44. The average Bonchev–Trinajstić information content (AvgIpc) is 3.56. The highest BCUT2D eigenvalue weighted by Gasteiger charge is 2.35. The van der Waals surface area contributed by atoms with Gasteiger partial charge < -0.3 is 20.3 Å². The molecule has 0 amide bonds. The lowest BCUT2D eigenvalue weighted by molar-refractivity contribution is -0.0432. The van der Waals surface area contributed by atoms with Gasteiger partial charge in [-0.3, -0.25) is 4.57 Å². The molecule has 5 aromatic carbocycles. The molecule has 8 rings (SSSR count). The topological polar surface area (TPSA) is 105 Å². The maximum atomic E-state index is 10.2. The van der Waals surface area contributed by atoms with Crippen LogP contribution in [-0.2, 0) is 4.74 Å². The SMILES string of the molecule is OC[C@H]1O[C@@H](n2cnc3c(Nc4c5ccccc5c5ccc6cccc7ccc4c5c76)ncnc32)C[C@@H]1O. The number of imidazole rings is 1. The summed E-state index contributed by atoms with van der Waals surface area (Å²) in [7, 11) is 0. The maximum Gasteiger partial charge on any atom is 0.167 e. The molecule has 0 bridgehead atoms. The number of fused-ring (bicyclic) bond motifs is 3. The van der Waals surface area contributed by atoms with Gasteiger partial charge in [0.25, 0.3) is 0 Å². The van der Waals surface area contributed by atoms with Crippen LogP contribution in [-0.4, -0.2) is 48.5 Å². The van der Waals surface area contributed by atoms with E-state index in [9.17, 15) is 10.2 Å². The molecule has 1 aliphatic rings. The van der Waals surface area contributed by atoms with Crippen LogP contribution in [0.3, 0.4) is 0 Å². The summed E-state index contributed by atoms with van der Waals surface area (Å²) in [5.41, 5.74) is 2.17. The van der Waals surface area contributed by atoms with Crippen LogP contribution in [0.2, 0.25) is 0 Å². The number of benzene rings is 5. The summed E-state index contributed by atoms with van der Waals surface area (Å²) in [6.45, 7) is -0.242. The monoisotopic (exact) mass is 501 g/mol. The van der Waals surface area contributed by atoms with Crippen molar-refractivity contribution in [2.75, 3.05) is 11.9 Å². The number of rotatable bonds is 4. The smallest absolute Gasteiger partial charge is 0.167 e. The first-order chi connectivity index (χ1) is 18.7. The number of nitrogens with one attached hydrogen (secondary N) is 1. The number of aromatic nitrogens is 4. The van der Waals surface area contributed by atoms with Crippen molar-refractivity contribution in [2.24, 2.45) is 0 Å². The van der Waals surface area contributed by atoms with Crippen molar-refractivity contribution in [1.82, 2.24) is 19.5 Å². The van der Waals surface area contributed by atoms with Crippen LogP contribution >= 0.6 is 0 Å². The van der Waals surface area contributed by atoms with Crippen LogP contribution in [0.1, 0.15) is 12.6 Å². The van der Waals surface area contributed by atoms with Gasteiger partial charge in [-0.05, 0) is 26.9 Å². The van der Waals surface area contributed by atoms with E-state index in [1.807, 2.05) is 0 Å². The molecule has 0 spiro atoms. The molecule has 3 atom stereocenters. The van der Waals surface area contributed by atoms with Crippen molar-refractivity contribution < 1.29 is 14.9 Å². The Morgan fingerprint density at radius 1 is 0.842 bits per heavy atom. The lowest BCUT2D eigenvalue weighted by Gasteiger charge is -2.18. The van der Waals surface area contributed by atoms with E-state index >= 15 is 0 Å². The zero-order valence-corrected chi connectivity index (χ0v) is 20.2. The van der Waals surface area contributed by atoms with E-state index in [-0.39, 0.29) is 6.61 Å². The molecular weight excluding hydrogens is 478 g/mol. The van der Waals surface area contributed by atoms with Crippen LogP contribution in [0.5, 0.6) is 0 Å². The van der Waals surface area contributed by atoms with Crippen molar-refractivity contribution in [3.63, 3.8) is 0 Å². The minimum atomic E-state index is -0.745. The third-order valence-electron chi connectivity index (χ3n) is 7.83. The van der Waals surface area contributed by atoms with Gasteiger partial charge in [0, 0.05) is 22.6 Å². The van der Waals surface area contributed by atoms with E-state index in [4.69, 9.17) is 4.74 Å². The zero-order valence-electron chi connectivity index (χ0n) is 20.2. The van der Waals surface area contributed by atoms with Crippen LogP contribution in [0.4, 0.5) is 11.5 Å². The standard InChI is InChI=1S/C30H23N5O3/c36-13-23-22(37)12-24(38-23)35-15-33-28-29(31-14-32-30(28)35)34-27-20-7-2-1-6-18(20)19-10-8-16-4-3-5-17-9-11-21(27)26(19)25(16)17/h1-11,14-15,22-24,36-37H,12-13H2,(H,31,32,34)/t22-,23+,24+/m0/s1. The highest BCUT2D eigenvalue weighted by atomic mass is 16.5. The fourth-order valence-corrected chi connectivity index (χ4v) is 6.05. The Kier molecular flexibility index (Phi) is 4.60. The van der Waals surface area contributed by atoms with Crippen LogP contribution in [0.25, 0.3) is 54.3 Å². The zero-order chi connectivity index (χ0) is 25.4. The van der Waals surface area contributed by atoms with E-state index in [2.05, 4.69) is 87.0 Å². The third kappa shape index (κ3) is 2.99. The van der Waals surface area contributed by atoms with Crippen LogP contribution in [0, 0.1) is 0 Å². The Morgan fingerprint density at radius 2 is 1.63 bits per heavy atom. The largest absolute Gasteiger partial charge is 0.394 e. The van der Waals surface area contributed by atoms with Gasteiger partial charge in [-0.25, -0.2) is 15.0 Å².